The summed E-state index contributed by atoms with van der Waals surface area (Å²) in [6.07, 6.45) is 9.37. The fourth-order valence-corrected chi connectivity index (χ4v) is 2.77. The van der Waals surface area contributed by atoms with Gasteiger partial charge in [0.25, 0.3) is 0 Å². The number of hydrogen-bond donors (Lipinski definition) is 0. The SMILES string of the molecule is CCCCC[C@@]12CC=CC[C@@H]1C(=O)OC2=O. The van der Waals surface area contributed by atoms with Crippen molar-refractivity contribution in [2.24, 2.45) is 11.3 Å². The minimum atomic E-state index is -0.527. The largest absolute Gasteiger partial charge is 0.392 e. The van der Waals surface area contributed by atoms with Crippen LogP contribution in [0.3, 0.4) is 0 Å². The van der Waals surface area contributed by atoms with Crippen LogP contribution >= 0.6 is 0 Å². The number of hydrogen-bond acceptors (Lipinski definition) is 3. The van der Waals surface area contributed by atoms with E-state index in [-0.39, 0.29) is 17.9 Å². The first-order valence-electron chi connectivity index (χ1n) is 6.12. The predicted molar refractivity (Wildman–Crippen MR) is 59.5 cm³/mol. The molecule has 3 heteroatoms. The Labute approximate surface area is 95.9 Å². The maximum Gasteiger partial charge on any atom is 0.320 e. The maximum atomic E-state index is 11.9. The topological polar surface area (TPSA) is 43.4 Å². The molecule has 0 N–H and O–H groups in total. The molecular formula is C13H18O3. The number of carbonyl (C=O) groups is 2. The number of carbonyl (C=O) groups excluding carboxylic acids is 2. The zero-order chi connectivity index (χ0) is 11.6. The molecule has 0 unspecified atom stereocenters. The normalized spacial score (nSPS) is 32.7. The lowest BCUT2D eigenvalue weighted by Crippen LogP contribution is -2.35. The Morgan fingerprint density at radius 1 is 1.38 bits per heavy atom. The minimum absolute atomic E-state index is 0.221. The molecule has 2 rings (SSSR count). The van der Waals surface area contributed by atoms with Crippen molar-refractivity contribution in [2.75, 3.05) is 0 Å². The van der Waals surface area contributed by atoms with Crippen molar-refractivity contribution >= 4 is 11.9 Å². The Morgan fingerprint density at radius 2 is 2.19 bits per heavy atom. The molecule has 16 heavy (non-hydrogen) atoms. The summed E-state index contributed by atoms with van der Waals surface area (Å²) in [4.78, 5) is 23.4. The van der Waals surface area contributed by atoms with Gasteiger partial charge in [-0.1, -0.05) is 38.3 Å². The van der Waals surface area contributed by atoms with E-state index < -0.39 is 5.41 Å². The molecule has 2 atom stereocenters. The van der Waals surface area contributed by atoms with Gasteiger partial charge in [-0.2, -0.15) is 0 Å². The third kappa shape index (κ3) is 1.68. The van der Waals surface area contributed by atoms with E-state index in [9.17, 15) is 9.59 Å². The summed E-state index contributed by atoms with van der Waals surface area (Å²) >= 11 is 0. The average molecular weight is 222 g/mol. The Bertz CT molecular complexity index is 332. The molecule has 2 aliphatic rings. The molecule has 0 amide bonds. The van der Waals surface area contributed by atoms with Crippen molar-refractivity contribution in [1.82, 2.24) is 0 Å². The second-order valence-corrected chi connectivity index (χ2v) is 4.79. The van der Waals surface area contributed by atoms with Gasteiger partial charge in [0.05, 0.1) is 11.3 Å². The number of esters is 2. The van der Waals surface area contributed by atoms with E-state index in [0.717, 1.165) is 25.7 Å². The summed E-state index contributed by atoms with van der Waals surface area (Å²) in [5.74, 6) is -0.823. The summed E-state index contributed by atoms with van der Waals surface area (Å²) < 4.78 is 4.82. The number of ether oxygens (including phenoxy) is 1. The Morgan fingerprint density at radius 3 is 2.94 bits per heavy atom. The van der Waals surface area contributed by atoms with Gasteiger partial charge in [0.1, 0.15) is 0 Å². The van der Waals surface area contributed by atoms with E-state index in [0.29, 0.717) is 12.8 Å². The molecule has 0 aromatic heterocycles. The number of allylic oxidation sites excluding steroid dienone is 2. The molecule has 0 aromatic carbocycles. The highest BCUT2D eigenvalue weighted by Crippen LogP contribution is 2.48. The number of cyclic esters (lactones) is 2. The van der Waals surface area contributed by atoms with Gasteiger partial charge in [-0.15, -0.1) is 0 Å². The summed E-state index contributed by atoms with van der Waals surface area (Å²) in [5.41, 5.74) is -0.527. The molecule has 0 bridgehead atoms. The third-order valence-electron chi connectivity index (χ3n) is 3.80. The van der Waals surface area contributed by atoms with Crippen molar-refractivity contribution in [3.05, 3.63) is 12.2 Å². The Balaban J connectivity index is 2.16. The molecule has 0 aromatic rings. The lowest BCUT2D eigenvalue weighted by molar-refractivity contribution is -0.155. The first-order valence-corrected chi connectivity index (χ1v) is 6.12. The van der Waals surface area contributed by atoms with Crippen LogP contribution in [0.2, 0.25) is 0 Å². The van der Waals surface area contributed by atoms with E-state index in [1.54, 1.807) is 0 Å². The number of fused-ring (bicyclic) bond motifs is 1. The van der Waals surface area contributed by atoms with Gasteiger partial charge < -0.3 is 4.74 Å². The highest BCUT2D eigenvalue weighted by Gasteiger charge is 2.56. The quantitative estimate of drug-likeness (QED) is 0.318. The van der Waals surface area contributed by atoms with Crippen LogP contribution in [0, 0.1) is 11.3 Å². The van der Waals surface area contributed by atoms with Gasteiger partial charge in [-0.3, -0.25) is 9.59 Å². The van der Waals surface area contributed by atoms with E-state index in [2.05, 4.69) is 6.92 Å². The second kappa shape index (κ2) is 4.40. The number of unbranched alkanes of at least 4 members (excludes halogenated alkanes) is 2. The molecule has 3 nitrogen and oxygen atoms in total. The molecule has 1 aliphatic heterocycles. The van der Waals surface area contributed by atoms with Crippen LogP contribution in [0.4, 0.5) is 0 Å². The van der Waals surface area contributed by atoms with E-state index in [1.165, 1.54) is 0 Å². The van der Waals surface area contributed by atoms with Crippen molar-refractivity contribution in [3.8, 4) is 0 Å². The van der Waals surface area contributed by atoms with Crippen LogP contribution < -0.4 is 0 Å². The molecule has 1 heterocycles. The molecule has 1 saturated heterocycles. The molecule has 88 valence electrons. The first kappa shape index (κ1) is 11.4. The van der Waals surface area contributed by atoms with Gasteiger partial charge in [0.2, 0.25) is 0 Å². The van der Waals surface area contributed by atoms with E-state index in [1.807, 2.05) is 12.2 Å². The highest BCUT2D eigenvalue weighted by molar-refractivity contribution is 5.99. The van der Waals surface area contributed by atoms with Gasteiger partial charge in [-0.05, 0) is 19.3 Å². The van der Waals surface area contributed by atoms with Crippen molar-refractivity contribution in [2.45, 2.75) is 45.4 Å². The van der Waals surface area contributed by atoms with Crippen LogP contribution in [0.25, 0.3) is 0 Å². The smallest absolute Gasteiger partial charge is 0.320 e. The van der Waals surface area contributed by atoms with Crippen LogP contribution in [0.15, 0.2) is 12.2 Å². The van der Waals surface area contributed by atoms with Crippen molar-refractivity contribution in [3.63, 3.8) is 0 Å². The summed E-state index contributed by atoms with van der Waals surface area (Å²) in [5, 5.41) is 0. The first-order chi connectivity index (χ1) is 7.70. The maximum absolute atomic E-state index is 11.9. The molecule has 1 fully saturated rings. The molecule has 0 saturated carbocycles. The third-order valence-corrected chi connectivity index (χ3v) is 3.80. The fourth-order valence-electron chi connectivity index (χ4n) is 2.77. The van der Waals surface area contributed by atoms with Gasteiger partial charge in [0, 0.05) is 0 Å². The predicted octanol–water partition coefficient (Wildman–Crippen LogP) is 2.60. The van der Waals surface area contributed by atoms with Gasteiger partial charge in [-0.25, -0.2) is 0 Å². The Hall–Kier alpha value is -1.12. The number of rotatable bonds is 4. The van der Waals surface area contributed by atoms with E-state index >= 15 is 0 Å². The second-order valence-electron chi connectivity index (χ2n) is 4.79. The zero-order valence-corrected chi connectivity index (χ0v) is 9.70. The molecule has 0 radical (unpaired) electrons. The average Bonchev–Trinajstić information content (AvgIpc) is 2.53. The molecule has 1 aliphatic carbocycles. The summed E-state index contributed by atoms with van der Waals surface area (Å²) in [6.45, 7) is 2.13. The molecular weight excluding hydrogens is 204 g/mol. The Kier molecular flexibility index (Phi) is 3.13. The van der Waals surface area contributed by atoms with Gasteiger partial charge in [0.15, 0.2) is 0 Å². The van der Waals surface area contributed by atoms with Crippen LogP contribution in [0.5, 0.6) is 0 Å². The highest BCUT2D eigenvalue weighted by atomic mass is 16.6. The zero-order valence-electron chi connectivity index (χ0n) is 9.70. The summed E-state index contributed by atoms with van der Waals surface area (Å²) in [6, 6.07) is 0. The van der Waals surface area contributed by atoms with Crippen LogP contribution in [0.1, 0.15) is 45.4 Å². The monoisotopic (exact) mass is 222 g/mol. The molecule has 0 spiro atoms. The standard InChI is InChI=1S/C13H18O3/c1-2-3-5-8-13-9-6-4-7-10(13)11(14)16-12(13)15/h4,6,10H,2-3,5,7-9H2,1H3/t10-,13-/m1/s1. The van der Waals surface area contributed by atoms with Crippen LogP contribution in [-0.4, -0.2) is 11.9 Å². The van der Waals surface area contributed by atoms with Crippen LogP contribution in [-0.2, 0) is 14.3 Å². The fraction of sp³-hybridized carbons (Fsp3) is 0.692. The van der Waals surface area contributed by atoms with Crippen molar-refractivity contribution in [1.29, 1.82) is 0 Å². The minimum Gasteiger partial charge on any atom is -0.392 e. The lowest BCUT2D eigenvalue weighted by atomic mass is 9.67. The van der Waals surface area contributed by atoms with Gasteiger partial charge >= 0.3 is 11.9 Å². The lowest BCUT2D eigenvalue weighted by Gasteiger charge is -2.30. The van der Waals surface area contributed by atoms with E-state index in [4.69, 9.17) is 4.74 Å². The van der Waals surface area contributed by atoms with Crippen molar-refractivity contribution < 1.29 is 14.3 Å². The summed E-state index contributed by atoms with van der Waals surface area (Å²) in [7, 11) is 0.